The van der Waals surface area contributed by atoms with Gasteiger partial charge >= 0.3 is 5.97 Å². The lowest BCUT2D eigenvalue weighted by molar-refractivity contribution is -0.136. The molecule has 0 aromatic heterocycles. The molecule has 0 saturated heterocycles. The van der Waals surface area contributed by atoms with Gasteiger partial charge in [-0.2, -0.15) is 0 Å². The smallest absolute Gasteiger partial charge is 0.330 e. The van der Waals surface area contributed by atoms with Gasteiger partial charge in [0.1, 0.15) is 6.61 Å². The monoisotopic (exact) mass is 210 g/mol. The van der Waals surface area contributed by atoms with Crippen LogP contribution in [0.5, 0.6) is 0 Å². The number of carbonyl (C=O) groups is 1. The highest BCUT2D eigenvalue weighted by Gasteiger charge is 2.02. The zero-order valence-electron chi connectivity index (χ0n) is 9.87. The van der Waals surface area contributed by atoms with E-state index in [0.29, 0.717) is 5.92 Å². The number of rotatable bonds is 8. The number of allylic oxidation sites excluding steroid dienone is 1. The third kappa shape index (κ3) is 7.98. The lowest BCUT2D eigenvalue weighted by atomic mass is 9.99. The first-order valence-electron chi connectivity index (χ1n) is 5.70. The second-order valence-electron chi connectivity index (χ2n) is 3.59. The molecule has 0 aliphatic rings. The molecule has 0 radical (unpaired) electrons. The molecule has 0 aliphatic heterocycles. The van der Waals surface area contributed by atoms with E-state index in [1.807, 2.05) is 6.08 Å². The normalized spacial score (nSPS) is 12.7. The van der Waals surface area contributed by atoms with Crippen molar-refractivity contribution in [2.75, 3.05) is 6.61 Å². The number of hydrogen-bond donors (Lipinski definition) is 0. The molecule has 86 valence electrons. The van der Waals surface area contributed by atoms with Crippen molar-refractivity contribution >= 4 is 5.97 Å². The largest absolute Gasteiger partial charge is 0.458 e. The van der Waals surface area contributed by atoms with Crippen LogP contribution >= 0.6 is 0 Å². The molecule has 1 atom stereocenters. The van der Waals surface area contributed by atoms with E-state index in [-0.39, 0.29) is 12.6 Å². The first kappa shape index (κ1) is 13.9. The van der Waals surface area contributed by atoms with E-state index in [0.717, 1.165) is 12.8 Å². The van der Waals surface area contributed by atoms with Gasteiger partial charge in [-0.05, 0) is 18.8 Å². The Labute approximate surface area is 93.0 Å². The summed E-state index contributed by atoms with van der Waals surface area (Å²) in [6, 6.07) is 0. The van der Waals surface area contributed by atoms with E-state index in [9.17, 15) is 4.79 Å². The van der Waals surface area contributed by atoms with Gasteiger partial charge in [0.15, 0.2) is 0 Å². The zero-order valence-corrected chi connectivity index (χ0v) is 9.87. The quantitative estimate of drug-likeness (QED) is 0.348. The summed E-state index contributed by atoms with van der Waals surface area (Å²) in [6.07, 6.45) is 9.70. The Kier molecular flexibility index (Phi) is 8.84. The lowest BCUT2D eigenvalue weighted by Gasteiger charge is -2.08. The maximum Gasteiger partial charge on any atom is 0.330 e. The fraction of sp³-hybridized carbons (Fsp3) is 0.615. The Morgan fingerprint density at radius 2 is 2.20 bits per heavy atom. The van der Waals surface area contributed by atoms with Crippen LogP contribution < -0.4 is 0 Å². The average Bonchev–Trinajstić information content (AvgIpc) is 2.26. The van der Waals surface area contributed by atoms with Crippen molar-refractivity contribution in [3.8, 4) is 0 Å². The van der Waals surface area contributed by atoms with Crippen molar-refractivity contribution in [3.63, 3.8) is 0 Å². The topological polar surface area (TPSA) is 26.3 Å². The number of unbranched alkanes of at least 4 members (excludes halogenated alkanes) is 1. The summed E-state index contributed by atoms with van der Waals surface area (Å²) in [6.45, 7) is 8.08. The lowest BCUT2D eigenvalue weighted by Crippen LogP contribution is -2.02. The van der Waals surface area contributed by atoms with Crippen molar-refractivity contribution in [1.82, 2.24) is 0 Å². The third-order valence-electron chi connectivity index (χ3n) is 2.30. The molecule has 2 heteroatoms. The van der Waals surface area contributed by atoms with Crippen LogP contribution in [0.4, 0.5) is 0 Å². The van der Waals surface area contributed by atoms with Crippen molar-refractivity contribution in [1.29, 1.82) is 0 Å². The maximum absolute atomic E-state index is 11.1. The predicted octanol–water partition coefficient (Wildman–Crippen LogP) is 3.49. The summed E-state index contributed by atoms with van der Waals surface area (Å²) in [7, 11) is 0. The van der Waals surface area contributed by atoms with Gasteiger partial charge in [0.2, 0.25) is 0 Å². The standard InChI is InChI=1S/C13H22O2/c1-4-7-8-12(6-3)9-10-13(14)15-11-5-2/h5,9-10,12H,2,4,6-8,11H2,1,3H3/b10-9-. The van der Waals surface area contributed by atoms with E-state index in [4.69, 9.17) is 4.74 Å². The van der Waals surface area contributed by atoms with Gasteiger partial charge in [-0.3, -0.25) is 0 Å². The summed E-state index contributed by atoms with van der Waals surface area (Å²) >= 11 is 0. The fourth-order valence-electron chi connectivity index (χ4n) is 1.31. The van der Waals surface area contributed by atoms with E-state index in [1.165, 1.54) is 18.9 Å². The Balaban J connectivity index is 3.87. The molecular formula is C13H22O2. The van der Waals surface area contributed by atoms with Gasteiger partial charge < -0.3 is 4.74 Å². The van der Waals surface area contributed by atoms with Gasteiger partial charge in [-0.1, -0.05) is 45.4 Å². The molecule has 0 fully saturated rings. The Bertz CT molecular complexity index is 207. The Morgan fingerprint density at radius 1 is 1.47 bits per heavy atom. The zero-order chi connectivity index (χ0) is 11.5. The molecule has 1 unspecified atom stereocenters. The minimum absolute atomic E-state index is 0.273. The molecule has 0 bridgehead atoms. The van der Waals surface area contributed by atoms with Crippen molar-refractivity contribution in [2.24, 2.45) is 5.92 Å². The molecule has 15 heavy (non-hydrogen) atoms. The highest BCUT2D eigenvalue weighted by Crippen LogP contribution is 2.13. The molecule has 0 spiro atoms. The molecule has 0 rings (SSSR count). The van der Waals surface area contributed by atoms with Crippen molar-refractivity contribution in [3.05, 3.63) is 24.8 Å². The number of esters is 1. The summed E-state index contributed by atoms with van der Waals surface area (Å²) < 4.78 is 4.85. The minimum Gasteiger partial charge on any atom is -0.458 e. The van der Waals surface area contributed by atoms with Gasteiger partial charge in [-0.15, -0.1) is 0 Å². The van der Waals surface area contributed by atoms with Crippen LogP contribution in [0.1, 0.15) is 39.5 Å². The SMILES string of the molecule is C=CCOC(=O)/C=C\C(CC)CCCC. The van der Waals surface area contributed by atoms with Crippen LogP contribution in [0, 0.1) is 5.92 Å². The summed E-state index contributed by atoms with van der Waals surface area (Å²) in [5.74, 6) is 0.228. The molecule has 0 heterocycles. The highest BCUT2D eigenvalue weighted by atomic mass is 16.5. The molecule has 2 nitrogen and oxygen atoms in total. The van der Waals surface area contributed by atoms with Crippen molar-refractivity contribution < 1.29 is 9.53 Å². The van der Waals surface area contributed by atoms with E-state index in [2.05, 4.69) is 20.4 Å². The molecular weight excluding hydrogens is 188 g/mol. The van der Waals surface area contributed by atoms with Gasteiger partial charge in [0, 0.05) is 6.08 Å². The van der Waals surface area contributed by atoms with Gasteiger partial charge in [0.25, 0.3) is 0 Å². The van der Waals surface area contributed by atoms with Crippen LogP contribution in [0.15, 0.2) is 24.8 Å². The minimum atomic E-state index is -0.273. The molecule has 0 aromatic rings. The second kappa shape index (κ2) is 9.50. The summed E-state index contributed by atoms with van der Waals surface area (Å²) in [4.78, 5) is 11.1. The van der Waals surface area contributed by atoms with Crippen LogP contribution in [0.25, 0.3) is 0 Å². The molecule has 0 N–H and O–H groups in total. The van der Waals surface area contributed by atoms with Crippen LogP contribution in [0.3, 0.4) is 0 Å². The van der Waals surface area contributed by atoms with E-state index < -0.39 is 0 Å². The first-order chi connectivity index (χ1) is 7.24. The van der Waals surface area contributed by atoms with Crippen LogP contribution in [-0.4, -0.2) is 12.6 Å². The van der Waals surface area contributed by atoms with E-state index in [1.54, 1.807) is 6.08 Å². The number of carbonyl (C=O) groups excluding carboxylic acids is 1. The van der Waals surface area contributed by atoms with Crippen LogP contribution in [0.2, 0.25) is 0 Å². The fourth-order valence-corrected chi connectivity index (χ4v) is 1.31. The Hall–Kier alpha value is -1.05. The molecule has 0 saturated carbocycles. The van der Waals surface area contributed by atoms with Gasteiger partial charge in [-0.25, -0.2) is 4.79 Å². The van der Waals surface area contributed by atoms with Crippen LogP contribution in [-0.2, 0) is 9.53 Å². The molecule has 0 amide bonds. The van der Waals surface area contributed by atoms with E-state index >= 15 is 0 Å². The third-order valence-corrected chi connectivity index (χ3v) is 2.30. The summed E-state index contributed by atoms with van der Waals surface area (Å²) in [5.41, 5.74) is 0. The van der Waals surface area contributed by atoms with Crippen molar-refractivity contribution in [2.45, 2.75) is 39.5 Å². The number of ether oxygens (including phenoxy) is 1. The summed E-state index contributed by atoms with van der Waals surface area (Å²) in [5, 5.41) is 0. The Morgan fingerprint density at radius 3 is 2.73 bits per heavy atom. The molecule has 0 aromatic carbocycles. The average molecular weight is 210 g/mol. The maximum atomic E-state index is 11.1. The number of hydrogen-bond acceptors (Lipinski definition) is 2. The second-order valence-corrected chi connectivity index (χ2v) is 3.59. The van der Waals surface area contributed by atoms with Gasteiger partial charge in [0.05, 0.1) is 0 Å². The molecule has 0 aliphatic carbocycles. The first-order valence-corrected chi connectivity index (χ1v) is 5.70. The predicted molar refractivity (Wildman–Crippen MR) is 63.6 cm³/mol. The highest BCUT2D eigenvalue weighted by molar-refractivity contribution is 5.81.